The summed E-state index contributed by atoms with van der Waals surface area (Å²) in [6.45, 7) is 2.14. The topological polar surface area (TPSA) is 24.9 Å². The minimum absolute atomic E-state index is 0.148. The molecule has 2 aromatic carbocycles. The molecule has 1 atom stereocenters. The number of aromatic nitrogens is 1. The number of benzene rings is 2. The summed E-state index contributed by atoms with van der Waals surface area (Å²) in [4.78, 5) is 4.57. The molecule has 106 valence electrons. The highest BCUT2D eigenvalue weighted by Crippen LogP contribution is 2.28. The number of para-hydroxylation sites is 1. The summed E-state index contributed by atoms with van der Waals surface area (Å²) >= 11 is 3.52. The zero-order valence-electron chi connectivity index (χ0n) is 12.1. The van der Waals surface area contributed by atoms with E-state index in [1.54, 1.807) is 0 Å². The highest BCUT2D eigenvalue weighted by Gasteiger charge is 2.15. The highest BCUT2D eigenvalue weighted by atomic mass is 79.9. The third kappa shape index (κ3) is 2.85. The van der Waals surface area contributed by atoms with Crippen molar-refractivity contribution in [3.63, 3.8) is 0 Å². The molecule has 1 aromatic heterocycles. The summed E-state index contributed by atoms with van der Waals surface area (Å²) in [7, 11) is 1.99. The van der Waals surface area contributed by atoms with Gasteiger partial charge in [-0.2, -0.15) is 0 Å². The maximum absolute atomic E-state index is 4.57. The van der Waals surface area contributed by atoms with Gasteiger partial charge in [-0.15, -0.1) is 0 Å². The third-order valence-electron chi connectivity index (χ3n) is 3.78. The van der Waals surface area contributed by atoms with E-state index in [0.29, 0.717) is 0 Å². The molecular weight excluding hydrogens is 324 g/mol. The van der Waals surface area contributed by atoms with Crippen LogP contribution in [0.1, 0.15) is 22.7 Å². The molecule has 0 aliphatic carbocycles. The second-order valence-electron chi connectivity index (χ2n) is 5.18. The summed E-state index contributed by atoms with van der Waals surface area (Å²) in [5.74, 6) is 0. The Hall–Kier alpha value is -1.71. The van der Waals surface area contributed by atoms with E-state index in [-0.39, 0.29) is 6.04 Å². The molecule has 0 amide bonds. The quantitative estimate of drug-likeness (QED) is 0.752. The fourth-order valence-corrected chi connectivity index (χ4v) is 3.19. The van der Waals surface area contributed by atoms with Gasteiger partial charge in [0.05, 0.1) is 11.6 Å². The molecule has 21 heavy (non-hydrogen) atoms. The predicted octanol–water partition coefficient (Wildman–Crippen LogP) is 4.61. The van der Waals surface area contributed by atoms with Crippen molar-refractivity contribution in [1.82, 2.24) is 10.3 Å². The van der Waals surface area contributed by atoms with Gasteiger partial charge in [-0.1, -0.05) is 40.2 Å². The van der Waals surface area contributed by atoms with Crippen LogP contribution >= 0.6 is 15.9 Å². The van der Waals surface area contributed by atoms with Crippen molar-refractivity contribution in [3.05, 3.63) is 75.9 Å². The molecule has 1 heterocycles. The minimum Gasteiger partial charge on any atom is -0.309 e. The number of pyridine rings is 1. The fourth-order valence-electron chi connectivity index (χ4n) is 2.71. The molecule has 0 aliphatic rings. The molecule has 0 saturated heterocycles. The first-order valence-corrected chi connectivity index (χ1v) is 7.76. The Morgan fingerprint density at radius 3 is 2.67 bits per heavy atom. The zero-order chi connectivity index (χ0) is 14.8. The Morgan fingerprint density at radius 2 is 1.90 bits per heavy atom. The van der Waals surface area contributed by atoms with E-state index >= 15 is 0 Å². The number of nitrogens with zero attached hydrogens (tertiary/aromatic N) is 1. The Labute approximate surface area is 133 Å². The number of rotatable bonds is 3. The molecule has 2 nitrogen and oxygen atoms in total. The average molecular weight is 341 g/mol. The van der Waals surface area contributed by atoms with Crippen molar-refractivity contribution in [2.45, 2.75) is 13.0 Å². The van der Waals surface area contributed by atoms with Crippen molar-refractivity contribution < 1.29 is 0 Å². The van der Waals surface area contributed by atoms with Crippen LogP contribution in [0.4, 0.5) is 0 Å². The lowest BCUT2D eigenvalue weighted by molar-refractivity contribution is 0.686. The van der Waals surface area contributed by atoms with Crippen LogP contribution in [0.25, 0.3) is 10.9 Å². The smallest absolute Gasteiger partial charge is 0.0702 e. The molecule has 0 radical (unpaired) electrons. The van der Waals surface area contributed by atoms with Gasteiger partial charge in [-0.3, -0.25) is 4.98 Å². The second kappa shape index (κ2) is 5.96. The van der Waals surface area contributed by atoms with Crippen LogP contribution in [0.15, 0.2) is 59.2 Å². The normalized spacial score (nSPS) is 12.5. The molecule has 0 bridgehead atoms. The van der Waals surface area contributed by atoms with Gasteiger partial charge in [0.25, 0.3) is 0 Å². The Morgan fingerprint density at radius 1 is 1.10 bits per heavy atom. The van der Waals surface area contributed by atoms with Gasteiger partial charge in [-0.25, -0.2) is 0 Å². The molecule has 0 fully saturated rings. The third-order valence-corrected chi connectivity index (χ3v) is 4.27. The first-order chi connectivity index (χ1) is 10.2. The summed E-state index contributed by atoms with van der Waals surface area (Å²) in [6.07, 6.45) is 1.96. The maximum atomic E-state index is 4.57. The standard InChI is InChI=1S/C18H17BrN2/c1-12-9-15(19)7-8-16(12)18(20-2)14-10-13-5-3-4-6-17(13)21-11-14/h3-11,18,20H,1-2H3. The van der Waals surface area contributed by atoms with E-state index < -0.39 is 0 Å². The molecule has 1 N–H and O–H groups in total. The van der Waals surface area contributed by atoms with E-state index in [1.165, 1.54) is 22.1 Å². The Kier molecular flexibility index (Phi) is 4.04. The van der Waals surface area contributed by atoms with Crippen molar-refractivity contribution >= 4 is 26.8 Å². The molecule has 3 heteroatoms. The van der Waals surface area contributed by atoms with Gasteiger partial charge in [-0.05, 0) is 54.9 Å². The van der Waals surface area contributed by atoms with Crippen LogP contribution < -0.4 is 5.32 Å². The van der Waals surface area contributed by atoms with Gasteiger partial charge in [0, 0.05) is 16.1 Å². The van der Waals surface area contributed by atoms with E-state index in [1.807, 2.05) is 31.4 Å². The first kappa shape index (κ1) is 14.2. The van der Waals surface area contributed by atoms with Crippen LogP contribution in [0.5, 0.6) is 0 Å². The maximum Gasteiger partial charge on any atom is 0.0702 e. The van der Waals surface area contributed by atoms with Crippen molar-refractivity contribution in [3.8, 4) is 0 Å². The Balaban J connectivity index is 2.09. The number of nitrogens with one attached hydrogen (secondary N) is 1. The molecule has 3 rings (SSSR count). The SMILES string of the molecule is CNC(c1cnc2ccccc2c1)c1ccc(Br)cc1C. The lowest BCUT2D eigenvalue weighted by atomic mass is 9.95. The molecule has 3 aromatic rings. The molecular formula is C18H17BrN2. The van der Waals surface area contributed by atoms with Crippen LogP contribution in [0.2, 0.25) is 0 Å². The lowest BCUT2D eigenvalue weighted by Gasteiger charge is -2.19. The fraction of sp³-hybridized carbons (Fsp3) is 0.167. The van der Waals surface area contributed by atoms with Gasteiger partial charge in [0.2, 0.25) is 0 Å². The number of hydrogen-bond donors (Lipinski definition) is 1. The van der Waals surface area contributed by atoms with E-state index in [4.69, 9.17) is 0 Å². The van der Waals surface area contributed by atoms with Gasteiger partial charge in [0.15, 0.2) is 0 Å². The minimum atomic E-state index is 0.148. The number of aryl methyl sites for hydroxylation is 1. The number of fused-ring (bicyclic) bond motifs is 1. The predicted molar refractivity (Wildman–Crippen MR) is 91.5 cm³/mol. The van der Waals surface area contributed by atoms with Crippen LogP contribution in [0.3, 0.4) is 0 Å². The first-order valence-electron chi connectivity index (χ1n) is 6.97. The highest BCUT2D eigenvalue weighted by molar-refractivity contribution is 9.10. The average Bonchev–Trinajstić information content (AvgIpc) is 2.50. The molecule has 0 aliphatic heterocycles. The monoisotopic (exact) mass is 340 g/mol. The molecule has 0 saturated carbocycles. The van der Waals surface area contributed by atoms with Gasteiger partial charge >= 0.3 is 0 Å². The van der Waals surface area contributed by atoms with E-state index in [2.05, 4.69) is 63.5 Å². The van der Waals surface area contributed by atoms with Gasteiger partial charge < -0.3 is 5.32 Å². The van der Waals surface area contributed by atoms with Crippen LogP contribution in [-0.2, 0) is 0 Å². The van der Waals surface area contributed by atoms with Gasteiger partial charge in [0.1, 0.15) is 0 Å². The van der Waals surface area contributed by atoms with E-state index in [0.717, 1.165) is 9.99 Å². The molecule has 0 spiro atoms. The molecule has 1 unspecified atom stereocenters. The summed E-state index contributed by atoms with van der Waals surface area (Å²) in [6, 6.07) is 17.0. The Bertz CT molecular complexity index is 783. The zero-order valence-corrected chi connectivity index (χ0v) is 13.7. The number of halogens is 1. The number of hydrogen-bond acceptors (Lipinski definition) is 2. The van der Waals surface area contributed by atoms with Crippen molar-refractivity contribution in [2.24, 2.45) is 0 Å². The lowest BCUT2D eigenvalue weighted by Crippen LogP contribution is -2.18. The summed E-state index contributed by atoms with van der Waals surface area (Å²) in [5.41, 5.74) is 4.75. The summed E-state index contributed by atoms with van der Waals surface area (Å²) < 4.78 is 1.11. The summed E-state index contributed by atoms with van der Waals surface area (Å²) in [5, 5.41) is 4.58. The van der Waals surface area contributed by atoms with Crippen LogP contribution in [-0.4, -0.2) is 12.0 Å². The van der Waals surface area contributed by atoms with Crippen LogP contribution in [0, 0.1) is 6.92 Å². The van der Waals surface area contributed by atoms with E-state index in [9.17, 15) is 0 Å². The van der Waals surface area contributed by atoms with Crippen molar-refractivity contribution in [1.29, 1.82) is 0 Å². The second-order valence-corrected chi connectivity index (χ2v) is 6.10. The largest absolute Gasteiger partial charge is 0.309 e. The van der Waals surface area contributed by atoms with Crippen molar-refractivity contribution in [2.75, 3.05) is 7.05 Å².